The van der Waals surface area contributed by atoms with Crippen molar-refractivity contribution in [2.45, 2.75) is 252 Å². The van der Waals surface area contributed by atoms with Crippen molar-refractivity contribution in [2.75, 3.05) is 26.4 Å². The third-order valence-corrected chi connectivity index (χ3v) is 11.8. The normalized spacial score (nSPS) is 13.6. The molecule has 0 spiro atoms. The Morgan fingerprint density at radius 1 is 0.550 bits per heavy atom. The Hall–Kier alpha value is -1.94. The van der Waals surface area contributed by atoms with E-state index in [4.69, 9.17) is 27.8 Å². The molecule has 12 heteroatoms. The first-order valence-electron chi connectivity index (χ1n) is 24.4. The molecule has 0 saturated heterocycles. The molecule has 0 fully saturated rings. The predicted molar refractivity (Wildman–Crippen MR) is 245 cm³/mol. The summed E-state index contributed by atoms with van der Waals surface area (Å²) in [5, 5.41) is 2.56. The van der Waals surface area contributed by atoms with Gasteiger partial charge >= 0.3 is 25.9 Å². The number of carbonyl (C=O) groups is 3. The van der Waals surface area contributed by atoms with Crippen molar-refractivity contribution >= 4 is 25.9 Å². The highest BCUT2D eigenvalue weighted by Crippen LogP contribution is 2.49. The van der Waals surface area contributed by atoms with Crippen molar-refractivity contribution in [3.63, 3.8) is 0 Å². The minimum Gasteiger partial charge on any atom is -0.458 e. The molecule has 0 aliphatic rings. The summed E-state index contributed by atoms with van der Waals surface area (Å²) in [6.45, 7) is 15.2. The maximum atomic E-state index is 13.6. The highest BCUT2D eigenvalue weighted by molar-refractivity contribution is 7.48. The van der Waals surface area contributed by atoms with Gasteiger partial charge in [-0.25, -0.2) is 9.36 Å². The third-order valence-electron chi connectivity index (χ3n) is 10.3. The largest absolute Gasteiger partial charge is 0.475 e. The molecule has 354 valence electrons. The van der Waals surface area contributed by atoms with Crippen LogP contribution in [0.25, 0.3) is 0 Å². The predicted octanol–water partition coefficient (Wildman–Crippen LogP) is 14.4. The molecular weight excluding hydrogens is 781 g/mol. The van der Waals surface area contributed by atoms with E-state index < -0.39 is 31.7 Å². The van der Waals surface area contributed by atoms with E-state index in [1.54, 1.807) is 20.8 Å². The second-order valence-corrected chi connectivity index (χ2v) is 19.1. The minimum atomic E-state index is -4.11. The summed E-state index contributed by atoms with van der Waals surface area (Å²) in [5.41, 5.74) is -0.669. The van der Waals surface area contributed by atoms with Crippen LogP contribution in [0.1, 0.15) is 234 Å². The number of phosphoric ester groups is 1. The van der Waals surface area contributed by atoms with E-state index in [-0.39, 0.29) is 51.1 Å². The summed E-state index contributed by atoms with van der Waals surface area (Å²) in [6.07, 6.45) is 30.2. The van der Waals surface area contributed by atoms with Crippen LogP contribution in [0.2, 0.25) is 0 Å². The van der Waals surface area contributed by atoms with Crippen LogP contribution in [-0.2, 0) is 41.9 Å². The van der Waals surface area contributed by atoms with Crippen molar-refractivity contribution in [2.24, 2.45) is 0 Å². The lowest BCUT2D eigenvalue weighted by Gasteiger charge is -2.28. The van der Waals surface area contributed by atoms with Crippen LogP contribution in [-0.4, -0.2) is 62.2 Å². The summed E-state index contributed by atoms with van der Waals surface area (Å²) < 4.78 is 47.9. The minimum absolute atomic E-state index is 0.00833. The topological polar surface area (TPSA) is 136 Å². The second kappa shape index (κ2) is 39.9. The van der Waals surface area contributed by atoms with Crippen LogP contribution in [0.4, 0.5) is 4.79 Å². The van der Waals surface area contributed by atoms with Gasteiger partial charge in [0.15, 0.2) is 0 Å². The Morgan fingerprint density at radius 3 is 1.35 bits per heavy atom. The van der Waals surface area contributed by atoms with E-state index >= 15 is 0 Å². The number of hydrogen-bond donors (Lipinski definition) is 1. The maximum absolute atomic E-state index is 13.6. The monoisotopic (exact) mass is 874 g/mol. The lowest BCUT2D eigenvalue weighted by Crippen LogP contribution is -2.36. The van der Waals surface area contributed by atoms with Gasteiger partial charge in [0.25, 0.3) is 0 Å². The maximum Gasteiger partial charge on any atom is 0.475 e. The number of carbonyl (C=O) groups excluding carboxylic acids is 3. The van der Waals surface area contributed by atoms with E-state index in [0.717, 1.165) is 57.8 Å². The highest BCUT2D eigenvalue weighted by Gasteiger charge is 2.32. The molecule has 0 aromatic carbocycles. The van der Waals surface area contributed by atoms with Gasteiger partial charge in [0.2, 0.25) is 0 Å². The zero-order valence-electron chi connectivity index (χ0n) is 39.5. The van der Waals surface area contributed by atoms with Gasteiger partial charge in [-0.1, -0.05) is 175 Å². The molecule has 0 aromatic rings. The first-order chi connectivity index (χ1) is 28.9. The average Bonchev–Trinajstić information content (AvgIpc) is 3.20. The van der Waals surface area contributed by atoms with E-state index in [1.807, 2.05) is 0 Å². The SMILES string of the molecule is C=CCOP(=O)(OCCNC(=O)OC(C)(C)C)OCCC(OC(=O)CCCCCCCCCCCC)C(CCCCCCCCCC)OC(=O)CCCCCCCCCC. The van der Waals surface area contributed by atoms with Crippen LogP contribution in [0, 0.1) is 0 Å². The lowest BCUT2D eigenvalue weighted by molar-refractivity contribution is -0.170. The van der Waals surface area contributed by atoms with Gasteiger partial charge in [0.05, 0.1) is 19.8 Å². The number of hydrogen-bond acceptors (Lipinski definition) is 10. The van der Waals surface area contributed by atoms with Crippen molar-refractivity contribution in [3.8, 4) is 0 Å². The molecule has 1 N–H and O–H groups in total. The number of amides is 1. The van der Waals surface area contributed by atoms with Crippen LogP contribution < -0.4 is 5.32 Å². The van der Waals surface area contributed by atoms with Crippen LogP contribution in [0.5, 0.6) is 0 Å². The zero-order valence-corrected chi connectivity index (χ0v) is 40.4. The summed E-state index contributed by atoms with van der Waals surface area (Å²) in [5.74, 6) is -0.627. The molecule has 0 saturated carbocycles. The Kier molecular flexibility index (Phi) is 38.6. The van der Waals surface area contributed by atoms with Crippen molar-refractivity contribution in [1.82, 2.24) is 5.32 Å². The second-order valence-electron chi connectivity index (χ2n) is 17.4. The number of unbranched alkanes of at least 4 members (excludes halogenated alkanes) is 23. The van der Waals surface area contributed by atoms with Gasteiger partial charge in [-0.05, 0) is 46.5 Å². The number of rotatable bonds is 43. The summed E-state index contributed by atoms with van der Waals surface area (Å²) in [7, 11) is -4.11. The van der Waals surface area contributed by atoms with Gasteiger partial charge in [-0.2, -0.15) is 0 Å². The molecule has 3 atom stereocenters. The molecular formula is C48H92NO10P. The van der Waals surface area contributed by atoms with Gasteiger partial charge in [0.1, 0.15) is 17.8 Å². The highest BCUT2D eigenvalue weighted by atomic mass is 31.2. The summed E-state index contributed by atoms with van der Waals surface area (Å²) in [4.78, 5) is 38.8. The van der Waals surface area contributed by atoms with Gasteiger partial charge in [0, 0.05) is 25.8 Å². The third kappa shape index (κ3) is 37.8. The van der Waals surface area contributed by atoms with E-state index in [2.05, 4.69) is 32.7 Å². The molecule has 60 heavy (non-hydrogen) atoms. The number of alkyl carbamates (subject to hydrolysis) is 1. The summed E-state index contributed by atoms with van der Waals surface area (Å²) in [6, 6.07) is 0. The first kappa shape index (κ1) is 58.1. The van der Waals surface area contributed by atoms with Crippen LogP contribution in [0.3, 0.4) is 0 Å². The molecule has 0 aliphatic heterocycles. The average molecular weight is 874 g/mol. The van der Waals surface area contributed by atoms with E-state index in [0.29, 0.717) is 12.8 Å². The van der Waals surface area contributed by atoms with Crippen LogP contribution in [0.15, 0.2) is 12.7 Å². The molecule has 1 amide bonds. The summed E-state index contributed by atoms with van der Waals surface area (Å²) >= 11 is 0. The lowest BCUT2D eigenvalue weighted by atomic mass is 10.0. The molecule has 0 aromatic heterocycles. The van der Waals surface area contributed by atoms with Crippen molar-refractivity contribution in [1.29, 1.82) is 0 Å². The Labute approximate surface area is 367 Å². The van der Waals surface area contributed by atoms with Crippen molar-refractivity contribution < 1.29 is 46.7 Å². The van der Waals surface area contributed by atoms with Gasteiger partial charge in [-0.3, -0.25) is 23.2 Å². The first-order valence-corrected chi connectivity index (χ1v) is 25.9. The molecule has 11 nitrogen and oxygen atoms in total. The molecule has 3 unspecified atom stereocenters. The Morgan fingerprint density at radius 2 is 0.933 bits per heavy atom. The van der Waals surface area contributed by atoms with Crippen molar-refractivity contribution in [3.05, 3.63) is 12.7 Å². The fourth-order valence-electron chi connectivity index (χ4n) is 6.90. The van der Waals surface area contributed by atoms with Gasteiger partial charge in [-0.15, -0.1) is 6.58 Å². The Bertz CT molecular complexity index is 1100. The van der Waals surface area contributed by atoms with Crippen LogP contribution >= 0.6 is 7.82 Å². The number of nitrogens with one attached hydrogen (secondary N) is 1. The number of phosphoric acid groups is 1. The fraction of sp³-hybridized carbons (Fsp3) is 0.896. The fourth-order valence-corrected chi connectivity index (χ4v) is 8.05. The van der Waals surface area contributed by atoms with Gasteiger partial charge < -0.3 is 19.5 Å². The molecule has 0 radical (unpaired) electrons. The quantitative estimate of drug-likeness (QED) is 0.0207. The standard InChI is InChI=1S/C48H92NO10P/c1-8-12-15-18-21-24-25-28-31-34-37-46(51)58-44(38-41-55-60(53,54-40-11-4)56-42-39-49-47(52)59-48(5,6)7)43(35-32-29-26-22-19-16-13-9-2)57-45(50)36-33-30-27-23-20-17-14-10-3/h11,43-44H,4,8-10,12-42H2,1-3,5-7H3,(H,49,52). The van der Waals surface area contributed by atoms with E-state index in [9.17, 15) is 18.9 Å². The number of ether oxygens (including phenoxy) is 3. The number of esters is 2. The smallest absolute Gasteiger partial charge is 0.458 e. The molecule has 0 heterocycles. The molecule has 0 rings (SSSR count). The molecule has 0 bridgehead atoms. The molecule has 0 aliphatic carbocycles. The zero-order chi connectivity index (χ0) is 44.6. The Balaban J connectivity index is 5.72. The van der Waals surface area contributed by atoms with E-state index in [1.165, 1.54) is 115 Å².